The second-order valence-corrected chi connectivity index (χ2v) is 7.33. The summed E-state index contributed by atoms with van der Waals surface area (Å²) in [6, 6.07) is 6.53. The lowest BCUT2D eigenvalue weighted by molar-refractivity contribution is -0.138. The number of aromatic nitrogens is 3. The van der Waals surface area contributed by atoms with E-state index in [4.69, 9.17) is 10.00 Å². The van der Waals surface area contributed by atoms with Crippen LogP contribution in [0.4, 0.5) is 14.7 Å². The Bertz CT molecular complexity index is 1020. The fourth-order valence-corrected chi connectivity index (χ4v) is 3.91. The monoisotopic (exact) mass is 430 g/mol. The minimum atomic E-state index is -2.99. The number of pyridine rings is 1. The third-order valence-electron chi connectivity index (χ3n) is 5.44. The van der Waals surface area contributed by atoms with Crippen LogP contribution in [0.15, 0.2) is 24.4 Å². The third-order valence-corrected chi connectivity index (χ3v) is 5.44. The van der Waals surface area contributed by atoms with E-state index >= 15 is 0 Å². The second-order valence-electron chi connectivity index (χ2n) is 7.33. The van der Waals surface area contributed by atoms with Crippen molar-refractivity contribution < 1.29 is 23.0 Å². The highest BCUT2D eigenvalue weighted by Gasteiger charge is 2.49. The number of anilines is 1. The van der Waals surface area contributed by atoms with Gasteiger partial charge >= 0.3 is 6.61 Å². The van der Waals surface area contributed by atoms with Gasteiger partial charge in [0.25, 0.3) is 5.91 Å². The molecule has 31 heavy (non-hydrogen) atoms. The van der Waals surface area contributed by atoms with Crippen molar-refractivity contribution in [3.63, 3.8) is 0 Å². The van der Waals surface area contributed by atoms with Gasteiger partial charge in [-0.1, -0.05) is 0 Å². The first-order chi connectivity index (χ1) is 14.9. The summed E-state index contributed by atoms with van der Waals surface area (Å²) >= 11 is 0. The summed E-state index contributed by atoms with van der Waals surface area (Å²) in [6.07, 6.45) is 2.46. The molecule has 4 rings (SSSR count). The molecule has 0 unspecified atom stereocenters. The molecule has 1 amide bonds. The van der Waals surface area contributed by atoms with E-state index in [0.717, 1.165) is 0 Å². The standard InChI is InChI=1S/C20H20F2N6O3/c1-13-2-3-16(31-18(21)22)15(25-13)11-28-17(29)12-30-20(28)5-8-27(9-6-20)19-24-7-4-14(10-23)26-19/h2-4,7,18H,5-6,8-9,11-12H2,1H3. The Balaban J connectivity index is 1.53. The number of piperidine rings is 1. The van der Waals surface area contributed by atoms with Crippen molar-refractivity contribution in [3.8, 4) is 11.8 Å². The van der Waals surface area contributed by atoms with Crippen LogP contribution in [0.3, 0.4) is 0 Å². The zero-order valence-corrected chi connectivity index (χ0v) is 16.8. The number of carbonyl (C=O) groups excluding carboxylic acids is 1. The van der Waals surface area contributed by atoms with Gasteiger partial charge in [-0.3, -0.25) is 9.78 Å². The third kappa shape index (κ3) is 4.25. The lowest BCUT2D eigenvalue weighted by atomic mass is 9.98. The number of aryl methyl sites for hydroxylation is 1. The number of alkyl halides is 2. The molecule has 4 heterocycles. The number of amides is 1. The molecule has 0 N–H and O–H groups in total. The van der Waals surface area contributed by atoms with Crippen LogP contribution in [0.25, 0.3) is 0 Å². The topological polar surface area (TPSA) is 104 Å². The van der Waals surface area contributed by atoms with Gasteiger partial charge in [-0.2, -0.15) is 14.0 Å². The van der Waals surface area contributed by atoms with Crippen molar-refractivity contribution in [3.05, 3.63) is 41.5 Å². The molecular formula is C20H20F2N6O3. The Morgan fingerprint density at radius 1 is 1.29 bits per heavy atom. The highest BCUT2D eigenvalue weighted by Crippen LogP contribution is 2.37. The molecule has 2 aliphatic heterocycles. The summed E-state index contributed by atoms with van der Waals surface area (Å²) in [4.78, 5) is 28.8. The molecule has 2 fully saturated rings. The van der Waals surface area contributed by atoms with Crippen molar-refractivity contribution in [1.82, 2.24) is 19.9 Å². The number of hydrogen-bond donors (Lipinski definition) is 0. The Labute approximate surface area is 177 Å². The van der Waals surface area contributed by atoms with E-state index in [1.165, 1.54) is 18.3 Å². The average molecular weight is 430 g/mol. The van der Waals surface area contributed by atoms with Gasteiger partial charge in [-0.15, -0.1) is 0 Å². The van der Waals surface area contributed by atoms with Gasteiger partial charge in [0.1, 0.15) is 35.5 Å². The summed E-state index contributed by atoms with van der Waals surface area (Å²) < 4.78 is 36.1. The highest BCUT2D eigenvalue weighted by molar-refractivity contribution is 5.80. The Morgan fingerprint density at radius 3 is 2.77 bits per heavy atom. The van der Waals surface area contributed by atoms with Gasteiger partial charge in [0.15, 0.2) is 0 Å². The smallest absolute Gasteiger partial charge is 0.387 e. The normalized spacial score (nSPS) is 18.0. The molecule has 0 aliphatic carbocycles. The zero-order chi connectivity index (χ0) is 22.0. The Hall–Kier alpha value is -3.39. The van der Waals surface area contributed by atoms with E-state index in [9.17, 15) is 13.6 Å². The average Bonchev–Trinajstić information content (AvgIpc) is 3.05. The molecule has 2 aromatic rings. The van der Waals surface area contributed by atoms with Gasteiger partial charge in [0, 0.05) is 37.8 Å². The van der Waals surface area contributed by atoms with Crippen LogP contribution in [-0.4, -0.2) is 57.8 Å². The SMILES string of the molecule is Cc1ccc(OC(F)F)c(CN2C(=O)COC23CCN(c2nccc(C#N)n2)CC3)n1. The van der Waals surface area contributed by atoms with Crippen LogP contribution in [-0.2, 0) is 16.1 Å². The fraction of sp³-hybridized carbons (Fsp3) is 0.450. The molecule has 0 atom stereocenters. The maximum atomic E-state index is 12.8. The summed E-state index contributed by atoms with van der Waals surface area (Å²) in [7, 11) is 0. The lowest BCUT2D eigenvalue weighted by Gasteiger charge is -2.43. The molecule has 2 saturated heterocycles. The number of nitrogens with zero attached hydrogens (tertiary/aromatic N) is 6. The first-order valence-corrected chi connectivity index (χ1v) is 9.74. The number of ether oxygens (including phenoxy) is 2. The Morgan fingerprint density at radius 2 is 2.06 bits per heavy atom. The highest BCUT2D eigenvalue weighted by atomic mass is 19.3. The van der Waals surface area contributed by atoms with Crippen LogP contribution in [0, 0.1) is 18.3 Å². The minimum Gasteiger partial charge on any atom is -0.433 e. The molecule has 2 aliphatic rings. The summed E-state index contributed by atoms with van der Waals surface area (Å²) in [5.74, 6) is 0.148. The van der Waals surface area contributed by atoms with Crippen molar-refractivity contribution in [2.45, 2.75) is 38.6 Å². The molecule has 0 aromatic carbocycles. The van der Waals surface area contributed by atoms with Crippen LogP contribution in [0.5, 0.6) is 5.75 Å². The van der Waals surface area contributed by atoms with Gasteiger partial charge in [-0.05, 0) is 25.1 Å². The van der Waals surface area contributed by atoms with Crippen LogP contribution in [0.1, 0.15) is 29.9 Å². The van der Waals surface area contributed by atoms with E-state index in [-0.39, 0.29) is 36.2 Å². The number of hydrogen-bond acceptors (Lipinski definition) is 8. The lowest BCUT2D eigenvalue weighted by Crippen LogP contribution is -2.54. The van der Waals surface area contributed by atoms with E-state index < -0.39 is 12.3 Å². The number of nitriles is 1. The van der Waals surface area contributed by atoms with Gasteiger partial charge in [0.05, 0.1) is 6.54 Å². The van der Waals surface area contributed by atoms with Crippen molar-refractivity contribution >= 4 is 11.9 Å². The predicted molar refractivity (Wildman–Crippen MR) is 103 cm³/mol. The predicted octanol–water partition coefficient (Wildman–Crippen LogP) is 2.01. The number of rotatable bonds is 5. The molecular weight excluding hydrogens is 410 g/mol. The summed E-state index contributed by atoms with van der Waals surface area (Å²) in [6.45, 7) is -0.335. The second kappa shape index (κ2) is 8.39. The van der Waals surface area contributed by atoms with Crippen LogP contribution >= 0.6 is 0 Å². The van der Waals surface area contributed by atoms with Gasteiger partial charge in [-0.25, -0.2) is 9.97 Å². The largest absolute Gasteiger partial charge is 0.433 e. The minimum absolute atomic E-state index is 0.00296. The van der Waals surface area contributed by atoms with Crippen molar-refractivity contribution in [1.29, 1.82) is 5.26 Å². The van der Waals surface area contributed by atoms with Gasteiger partial charge < -0.3 is 19.3 Å². The van der Waals surface area contributed by atoms with Crippen LogP contribution in [0.2, 0.25) is 0 Å². The molecule has 0 radical (unpaired) electrons. The maximum Gasteiger partial charge on any atom is 0.387 e. The van der Waals surface area contributed by atoms with Crippen molar-refractivity contribution in [2.75, 3.05) is 24.6 Å². The van der Waals surface area contributed by atoms with Gasteiger partial charge in [0.2, 0.25) is 5.95 Å². The Kier molecular flexibility index (Phi) is 5.65. The molecule has 9 nitrogen and oxygen atoms in total. The fourth-order valence-electron chi connectivity index (χ4n) is 3.91. The summed E-state index contributed by atoms with van der Waals surface area (Å²) in [5, 5.41) is 9.04. The zero-order valence-electron chi connectivity index (χ0n) is 16.8. The van der Waals surface area contributed by atoms with Crippen molar-refractivity contribution in [2.24, 2.45) is 0 Å². The molecule has 11 heteroatoms. The first-order valence-electron chi connectivity index (χ1n) is 9.74. The molecule has 0 bridgehead atoms. The maximum absolute atomic E-state index is 12.8. The summed E-state index contributed by atoms with van der Waals surface area (Å²) in [5.41, 5.74) is 0.290. The van der Waals surface area contributed by atoms with E-state index in [1.807, 2.05) is 11.0 Å². The molecule has 162 valence electrons. The van der Waals surface area contributed by atoms with E-state index in [2.05, 4.69) is 19.7 Å². The molecule has 0 saturated carbocycles. The quantitative estimate of drug-likeness (QED) is 0.710. The van der Waals surface area contributed by atoms with Crippen LogP contribution < -0.4 is 9.64 Å². The van der Waals surface area contributed by atoms with E-state index in [0.29, 0.717) is 37.6 Å². The first kappa shape index (κ1) is 20.9. The molecule has 2 aromatic heterocycles. The molecule has 1 spiro atoms. The number of halogens is 2. The number of carbonyl (C=O) groups is 1. The van der Waals surface area contributed by atoms with E-state index in [1.54, 1.807) is 17.9 Å².